The number of aryl methyl sites for hydroxylation is 1. The number of nitrogens with two attached hydrogens (primary N) is 1. The van der Waals surface area contributed by atoms with E-state index >= 15 is 0 Å². The standard InChI is InChI=1S/C13H16ClN3O/c1-8-5-9(14)6-10(13(8)18-2)11-7-16-12(17-11)3-4-15/h5-7H,3-4,15H2,1-2H3,(H,16,17). The molecule has 0 aliphatic heterocycles. The van der Waals surface area contributed by atoms with Crippen molar-refractivity contribution in [3.05, 3.63) is 34.7 Å². The first-order chi connectivity index (χ1) is 8.65. The summed E-state index contributed by atoms with van der Waals surface area (Å²) in [5.74, 6) is 1.68. The summed E-state index contributed by atoms with van der Waals surface area (Å²) in [7, 11) is 1.65. The van der Waals surface area contributed by atoms with Crippen molar-refractivity contribution in [2.24, 2.45) is 5.73 Å². The van der Waals surface area contributed by atoms with Crippen LogP contribution in [0, 0.1) is 6.92 Å². The van der Waals surface area contributed by atoms with Gasteiger partial charge in [-0.15, -0.1) is 0 Å². The fraction of sp³-hybridized carbons (Fsp3) is 0.308. The van der Waals surface area contributed by atoms with Crippen LogP contribution >= 0.6 is 11.6 Å². The van der Waals surface area contributed by atoms with Crippen molar-refractivity contribution in [2.75, 3.05) is 13.7 Å². The highest BCUT2D eigenvalue weighted by atomic mass is 35.5. The number of hydrogen-bond donors (Lipinski definition) is 2. The number of aromatic amines is 1. The van der Waals surface area contributed by atoms with Crippen LogP contribution in [-0.2, 0) is 6.42 Å². The van der Waals surface area contributed by atoms with Gasteiger partial charge in [-0.05, 0) is 31.2 Å². The van der Waals surface area contributed by atoms with E-state index in [0.717, 1.165) is 34.8 Å². The second kappa shape index (κ2) is 5.42. The van der Waals surface area contributed by atoms with Gasteiger partial charge in [-0.2, -0.15) is 0 Å². The number of H-pyrrole nitrogens is 1. The fourth-order valence-corrected chi connectivity index (χ4v) is 2.24. The number of nitrogens with one attached hydrogen (secondary N) is 1. The summed E-state index contributed by atoms with van der Waals surface area (Å²) in [5.41, 5.74) is 8.31. The molecule has 0 amide bonds. The molecule has 0 spiro atoms. The van der Waals surface area contributed by atoms with E-state index in [0.29, 0.717) is 11.6 Å². The van der Waals surface area contributed by atoms with Gasteiger partial charge in [-0.1, -0.05) is 11.6 Å². The Kier molecular flexibility index (Phi) is 3.89. The molecule has 0 saturated carbocycles. The van der Waals surface area contributed by atoms with Crippen LogP contribution in [0.3, 0.4) is 0 Å². The third-order valence-corrected chi connectivity index (χ3v) is 2.96. The molecule has 0 saturated heterocycles. The van der Waals surface area contributed by atoms with Crippen molar-refractivity contribution >= 4 is 11.6 Å². The van der Waals surface area contributed by atoms with Gasteiger partial charge in [0.15, 0.2) is 0 Å². The minimum Gasteiger partial charge on any atom is -0.496 e. The highest BCUT2D eigenvalue weighted by Gasteiger charge is 2.12. The summed E-state index contributed by atoms with van der Waals surface area (Å²) in [6, 6.07) is 3.74. The Morgan fingerprint density at radius 1 is 1.44 bits per heavy atom. The van der Waals surface area contributed by atoms with E-state index in [1.165, 1.54) is 0 Å². The molecule has 1 aromatic heterocycles. The van der Waals surface area contributed by atoms with Crippen molar-refractivity contribution in [1.82, 2.24) is 9.97 Å². The molecule has 18 heavy (non-hydrogen) atoms. The summed E-state index contributed by atoms with van der Waals surface area (Å²) >= 11 is 6.09. The topological polar surface area (TPSA) is 63.9 Å². The van der Waals surface area contributed by atoms with Gasteiger partial charge in [0.2, 0.25) is 0 Å². The second-order valence-corrected chi connectivity index (χ2v) is 4.52. The maximum Gasteiger partial charge on any atom is 0.131 e. The average Bonchev–Trinajstić information content (AvgIpc) is 2.77. The number of hydrogen-bond acceptors (Lipinski definition) is 3. The van der Waals surface area contributed by atoms with E-state index in [4.69, 9.17) is 22.1 Å². The maximum absolute atomic E-state index is 6.09. The lowest BCUT2D eigenvalue weighted by molar-refractivity contribution is 0.413. The monoisotopic (exact) mass is 265 g/mol. The van der Waals surface area contributed by atoms with Gasteiger partial charge >= 0.3 is 0 Å². The molecule has 0 atom stereocenters. The Labute approximate surface area is 111 Å². The number of ether oxygens (including phenoxy) is 1. The molecule has 0 unspecified atom stereocenters. The molecule has 3 N–H and O–H groups in total. The van der Waals surface area contributed by atoms with Gasteiger partial charge in [0, 0.05) is 17.0 Å². The predicted octanol–water partition coefficient (Wildman–Crippen LogP) is 2.55. The minimum absolute atomic E-state index is 0.568. The molecule has 0 aliphatic carbocycles. The lowest BCUT2D eigenvalue weighted by Crippen LogP contribution is -2.03. The van der Waals surface area contributed by atoms with Gasteiger partial charge in [0.05, 0.1) is 19.0 Å². The SMILES string of the molecule is COc1c(C)cc(Cl)cc1-c1cnc(CCN)[nH]1. The zero-order chi connectivity index (χ0) is 13.1. The number of nitrogens with zero attached hydrogens (tertiary/aromatic N) is 1. The molecule has 0 aliphatic rings. The first-order valence-corrected chi connectivity index (χ1v) is 6.12. The smallest absolute Gasteiger partial charge is 0.131 e. The van der Waals surface area contributed by atoms with Crippen LogP contribution < -0.4 is 10.5 Å². The third-order valence-electron chi connectivity index (χ3n) is 2.74. The van der Waals surface area contributed by atoms with Crippen LogP contribution in [0.2, 0.25) is 5.02 Å². The molecule has 96 valence electrons. The Bertz CT molecular complexity index is 551. The van der Waals surface area contributed by atoms with E-state index in [-0.39, 0.29) is 0 Å². The molecular weight excluding hydrogens is 250 g/mol. The lowest BCUT2D eigenvalue weighted by Gasteiger charge is -2.10. The number of methoxy groups -OCH3 is 1. The summed E-state index contributed by atoms with van der Waals surface area (Å²) in [6.45, 7) is 2.53. The van der Waals surface area contributed by atoms with Crippen molar-refractivity contribution in [1.29, 1.82) is 0 Å². The highest BCUT2D eigenvalue weighted by molar-refractivity contribution is 6.31. The first-order valence-electron chi connectivity index (χ1n) is 5.74. The van der Waals surface area contributed by atoms with Gasteiger partial charge in [-0.25, -0.2) is 4.98 Å². The number of halogens is 1. The van der Waals surface area contributed by atoms with Gasteiger partial charge in [-0.3, -0.25) is 0 Å². The van der Waals surface area contributed by atoms with Crippen LogP contribution in [0.1, 0.15) is 11.4 Å². The van der Waals surface area contributed by atoms with E-state index in [1.807, 2.05) is 19.1 Å². The zero-order valence-electron chi connectivity index (χ0n) is 10.5. The average molecular weight is 266 g/mol. The Morgan fingerprint density at radius 3 is 2.89 bits per heavy atom. The minimum atomic E-state index is 0.568. The quantitative estimate of drug-likeness (QED) is 0.893. The number of benzene rings is 1. The van der Waals surface area contributed by atoms with E-state index < -0.39 is 0 Å². The largest absolute Gasteiger partial charge is 0.496 e. The van der Waals surface area contributed by atoms with Crippen LogP contribution in [0.5, 0.6) is 5.75 Å². The van der Waals surface area contributed by atoms with Crippen LogP contribution in [0.15, 0.2) is 18.3 Å². The van der Waals surface area contributed by atoms with E-state index in [9.17, 15) is 0 Å². The van der Waals surface area contributed by atoms with Crippen LogP contribution in [-0.4, -0.2) is 23.6 Å². The van der Waals surface area contributed by atoms with E-state index in [2.05, 4.69) is 9.97 Å². The van der Waals surface area contributed by atoms with Crippen molar-refractivity contribution in [2.45, 2.75) is 13.3 Å². The molecule has 0 radical (unpaired) electrons. The van der Waals surface area contributed by atoms with Crippen molar-refractivity contribution in [3.63, 3.8) is 0 Å². The Balaban J connectivity index is 2.48. The molecule has 5 heteroatoms. The van der Waals surface area contributed by atoms with Crippen molar-refractivity contribution < 1.29 is 4.74 Å². The summed E-state index contributed by atoms with van der Waals surface area (Å²) in [6.07, 6.45) is 2.50. The molecule has 1 heterocycles. The molecule has 2 aromatic rings. The molecule has 1 aromatic carbocycles. The summed E-state index contributed by atoms with van der Waals surface area (Å²) in [5, 5.41) is 0.679. The summed E-state index contributed by atoms with van der Waals surface area (Å²) in [4.78, 5) is 7.51. The number of rotatable bonds is 4. The number of imidazole rings is 1. The molecule has 0 bridgehead atoms. The number of aromatic nitrogens is 2. The highest BCUT2D eigenvalue weighted by Crippen LogP contribution is 2.34. The molecule has 2 rings (SSSR count). The maximum atomic E-state index is 6.09. The molecule has 0 fully saturated rings. The molecular formula is C13H16ClN3O. The summed E-state index contributed by atoms with van der Waals surface area (Å²) < 4.78 is 5.42. The first kappa shape index (κ1) is 12.9. The lowest BCUT2D eigenvalue weighted by atomic mass is 10.1. The van der Waals surface area contributed by atoms with Gasteiger partial charge < -0.3 is 15.5 Å². The Hall–Kier alpha value is -1.52. The molecule has 4 nitrogen and oxygen atoms in total. The van der Waals surface area contributed by atoms with E-state index in [1.54, 1.807) is 13.3 Å². The normalized spacial score (nSPS) is 10.7. The van der Waals surface area contributed by atoms with Crippen LogP contribution in [0.4, 0.5) is 0 Å². The zero-order valence-corrected chi connectivity index (χ0v) is 11.2. The van der Waals surface area contributed by atoms with Crippen LogP contribution in [0.25, 0.3) is 11.3 Å². The third kappa shape index (κ3) is 2.49. The fourth-order valence-electron chi connectivity index (χ4n) is 1.96. The predicted molar refractivity (Wildman–Crippen MR) is 73.1 cm³/mol. The second-order valence-electron chi connectivity index (χ2n) is 4.09. The Morgan fingerprint density at radius 2 is 2.22 bits per heavy atom. The van der Waals surface area contributed by atoms with Crippen molar-refractivity contribution in [3.8, 4) is 17.0 Å². The van der Waals surface area contributed by atoms with Gasteiger partial charge in [0.1, 0.15) is 11.6 Å². The van der Waals surface area contributed by atoms with Gasteiger partial charge in [0.25, 0.3) is 0 Å².